The zero-order valence-electron chi connectivity index (χ0n) is 17.6. The Bertz CT molecular complexity index is 958. The number of hydrogen-bond donors (Lipinski definition) is 0. The lowest BCUT2D eigenvalue weighted by Gasteiger charge is -2.36. The van der Waals surface area contributed by atoms with E-state index in [1.165, 1.54) is 16.9 Å². The van der Waals surface area contributed by atoms with Crippen LogP contribution in [-0.4, -0.2) is 57.5 Å². The summed E-state index contributed by atoms with van der Waals surface area (Å²) >= 11 is 3.40. The second-order valence-electron chi connectivity index (χ2n) is 8.08. The SMILES string of the molecule is CCn1c(N2CCN(C(=O)CSC(C)C)CC2)nc2sc3c(c2c1=O)CCCC3. The molecular formula is C21H30N4O2S2. The van der Waals surface area contributed by atoms with Gasteiger partial charge in [0.2, 0.25) is 11.9 Å². The van der Waals surface area contributed by atoms with Crippen LogP contribution in [0.15, 0.2) is 4.79 Å². The number of rotatable bonds is 5. The van der Waals surface area contributed by atoms with Crippen molar-refractivity contribution in [3.63, 3.8) is 0 Å². The summed E-state index contributed by atoms with van der Waals surface area (Å²) in [6.45, 7) is 9.69. The lowest BCUT2D eigenvalue weighted by Crippen LogP contribution is -2.50. The van der Waals surface area contributed by atoms with Crippen LogP contribution in [0, 0.1) is 0 Å². The summed E-state index contributed by atoms with van der Waals surface area (Å²) in [5, 5.41) is 1.32. The number of nitrogens with zero attached hydrogens (tertiary/aromatic N) is 4. The highest BCUT2D eigenvalue weighted by Gasteiger charge is 2.27. The van der Waals surface area contributed by atoms with Gasteiger partial charge in [-0.15, -0.1) is 23.1 Å². The molecule has 2 aliphatic rings. The number of carbonyl (C=O) groups excluding carboxylic acids is 1. The molecule has 1 saturated heterocycles. The minimum Gasteiger partial charge on any atom is -0.339 e. The van der Waals surface area contributed by atoms with Crippen molar-refractivity contribution in [3.05, 3.63) is 20.8 Å². The molecular weight excluding hydrogens is 404 g/mol. The van der Waals surface area contributed by atoms with Gasteiger partial charge in [0, 0.05) is 37.6 Å². The fraction of sp³-hybridized carbons (Fsp3) is 0.667. The molecule has 3 heterocycles. The number of thioether (sulfide) groups is 1. The van der Waals surface area contributed by atoms with E-state index in [2.05, 4.69) is 18.7 Å². The number of anilines is 1. The maximum absolute atomic E-state index is 13.3. The summed E-state index contributed by atoms with van der Waals surface area (Å²) in [5.41, 5.74) is 1.36. The molecule has 1 aliphatic heterocycles. The summed E-state index contributed by atoms with van der Waals surface area (Å²) in [6.07, 6.45) is 4.45. The van der Waals surface area contributed by atoms with E-state index in [0.29, 0.717) is 30.6 Å². The van der Waals surface area contributed by atoms with Crippen molar-refractivity contribution in [3.8, 4) is 0 Å². The number of piperazine rings is 1. The van der Waals surface area contributed by atoms with Gasteiger partial charge < -0.3 is 9.80 Å². The Kier molecular flexibility index (Phi) is 6.20. The highest BCUT2D eigenvalue weighted by molar-refractivity contribution is 8.00. The van der Waals surface area contributed by atoms with Crippen LogP contribution in [0.5, 0.6) is 0 Å². The van der Waals surface area contributed by atoms with E-state index in [1.54, 1.807) is 23.1 Å². The molecule has 0 unspecified atom stereocenters. The second kappa shape index (κ2) is 8.68. The Hall–Kier alpha value is -1.54. The summed E-state index contributed by atoms with van der Waals surface area (Å²) < 4.78 is 1.83. The summed E-state index contributed by atoms with van der Waals surface area (Å²) in [5.74, 6) is 1.53. The number of aryl methyl sites for hydroxylation is 2. The zero-order valence-corrected chi connectivity index (χ0v) is 19.2. The first-order valence-corrected chi connectivity index (χ1v) is 12.6. The zero-order chi connectivity index (χ0) is 20.5. The van der Waals surface area contributed by atoms with E-state index in [-0.39, 0.29) is 11.5 Å². The number of hydrogen-bond acceptors (Lipinski definition) is 6. The molecule has 0 saturated carbocycles. The molecule has 1 fully saturated rings. The lowest BCUT2D eigenvalue weighted by molar-refractivity contribution is -0.128. The maximum atomic E-state index is 13.3. The third-order valence-electron chi connectivity index (χ3n) is 5.83. The van der Waals surface area contributed by atoms with Crippen LogP contribution in [0.4, 0.5) is 5.95 Å². The average Bonchev–Trinajstić information content (AvgIpc) is 3.10. The van der Waals surface area contributed by atoms with Gasteiger partial charge in [-0.1, -0.05) is 13.8 Å². The van der Waals surface area contributed by atoms with Crippen LogP contribution in [-0.2, 0) is 24.2 Å². The van der Waals surface area contributed by atoms with Crippen molar-refractivity contribution < 1.29 is 4.79 Å². The molecule has 6 nitrogen and oxygen atoms in total. The van der Waals surface area contributed by atoms with Crippen molar-refractivity contribution in [1.82, 2.24) is 14.5 Å². The molecule has 0 aromatic carbocycles. The second-order valence-corrected chi connectivity index (χ2v) is 10.7. The molecule has 0 atom stereocenters. The van der Waals surface area contributed by atoms with Gasteiger partial charge in [0.1, 0.15) is 4.83 Å². The van der Waals surface area contributed by atoms with Gasteiger partial charge in [-0.05, 0) is 43.4 Å². The van der Waals surface area contributed by atoms with Crippen molar-refractivity contribution >= 4 is 45.2 Å². The van der Waals surface area contributed by atoms with Gasteiger partial charge in [-0.2, -0.15) is 0 Å². The Morgan fingerprint density at radius 3 is 2.59 bits per heavy atom. The van der Waals surface area contributed by atoms with E-state index >= 15 is 0 Å². The van der Waals surface area contributed by atoms with Crippen LogP contribution in [0.2, 0.25) is 0 Å². The van der Waals surface area contributed by atoms with Gasteiger partial charge in [-0.25, -0.2) is 4.98 Å². The molecule has 2 aromatic heterocycles. The number of aromatic nitrogens is 2. The summed E-state index contributed by atoms with van der Waals surface area (Å²) in [6, 6.07) is 0. The molecule has 2 aromatic rings. The molecule has 29 heavy (non-hydrogen) atoms. The minimum absolute atomic E-state index is 0.110. The van der Waals surface area contributed by atoms with Gasteiger partial charge in [-0.3, -0.25) is 14.2 Å². The quantitative estimate of drug-likeness (QED) is 0.724. The van der Waals surface area contributed by atoms with E-state index in [9.17, 15) is 9.59 Å². The monoisotopic (exact) mass is 434 g/mol. The first kappa shape index (κ1) is 20.7. The van der Waals surface area contributed by atoms with Gasteiger partial charge in [0.05, 0.1) is 11.1 Å². The predicted octanol–water partition coefficient (Wildman–Crippen LogP) is 3.15. The smallest absolute Gasteiger partial charge is 0.263 e. The molecule has 8 heteroatoms. The molecule has 0 radical (unpaired) electrons. The lowest BCUT2D eigenvalue weighted by atomic mass is 9.97. The first-order chi connectivity index (χ1) is 14.0. The van der Waals surface area contributed by atoms with Crippen molar-refractivity contribution in [1.29, 1.82) is 0 Å². The number of carbonyl (C=O) groups is 1. The van der Waals surface area contributed by atoms with Crippen LogP contribution < -0.4 is 10.5 Å². The Morgan fingerprint density at radius 1 is 1.17 bits per heavy atom. The number of thiophene rings is 1. The standard InChI is InChI=1S/C21H30N4O2S2/c1-4-25-20(27)18-15-7-5-6-8-16(15)29-19(18)22-21(25)24-11-9-23(10-12-24)17(26)13-28-14(2)3/h14H,4-13H2,1-3H3. The third-order valence-corrected chi connectivity index (χ3v) is 8.09. The minimum atomic E-state index is 0.110. The predicted molar refractivity (Wildman–Crippen MR) is 123 cm³/mol. The average molecular weight is 435 g/mol. The largest absolute Gasteiger partial charge is 0.339 e. The molecule has 1 aliphatic carbocycles. The number of amides is 1. The van der Waals surface area contributed by atoms with Gasteiger partial charge >= 0.3 is 0 Å². The van der Waals surface area contributed by atoms with E-state index in [1.807, 2.05) is 16.4 Å². The Labute approximate surface area is 180 Å². The van der Waals surface area contributed by atoms with Crippen molar-refractivity contribution in [2.75, 3.05) is 36.8 Å². The van der Waals surface area contributed by atoms with Crippen LogP contribution in [0.25, 0.3) is 10.2 Å². The summed E-state index contributed by atoms with van der Waals surface area (Å²) in [7, 11) is 0. The van der Waals surface area contributed by atoms with Gasteiger partial charge in [0.15, 0.2) is 0 Å². The molecule has 0 bridgehead atoms. The van der Waals surface area contributed by atoms with E-state index in [4.69, 9.17) is 4.98 Å². The fourth-order valence-corrected chi connectivity index (χ4v) is 6.14. The van der Waals surface area contributed by atoms with Crippen molar-refractivity contribution in [2.24, 2.45) is 0 Å². The van der Waals surface area contributed by atoms with E-state index in [0.717, 1.165) is 48.5 Å². The molecule has 4 rings (SSSR count). The maximum Gasteiger partial charge on any atom is 0.263 e. The van der Waals surface area contributed by atoms with Crippen LogP contribution >= 0.6 is 23.1 Å². The summed E-state index contributed by atoms with van der Waals surface area (Å²) in [4.78, 5) is 37.1. The topological polar surface area (TPSA) is 58.4 Å². The fourth-order valence-electron chi connectivity index (χ4n) is 4.24. The third kappa shape index (κ3) is 4.06. The Balaban J connectivity index is 1.57. The van der Waals surface area contributed by atoms with Crippen molar-refractivity contribution in [2.45, 2.75) is 58.2 Å². The highest BCUT2D eigenvalue weighted by atomic mass is 32.2. The van der Waals surface area contributed by atoms with E-state index < -0.39 is 0 Å². The normalized spacial score (nSPS) is 17.2. The first-order valence-electron chi connectivity index (χ1n) is 10.7. The van der Waals surface area contributed by atoms with Crippen LogP contribution in [0.3, 0.4) is 0 Å². The Morgan fingerprint density at radius 2 is 1.90 bits per heavy atom. The number of fused-ring (bicyclic) bond motifs is 3. The molecule has 158 valence electrons. The molecule has 0 spiro atoms. The molecule has 0 N–H and O–H groups in total. The van der Waals surface area contributed by atoms with Crippen LogP contribution in [0.1, 0.15) is 44.1 Å². The van der Waals surface area contributed by atoms with Gasteiger partial charge in [0.25, 0.3) is 5.56 Å². The highest BCUT2D eigenvalue weighted by Crippen LogP contribution is 2.34. The molecule has 1 amide bonds.